The number of nitrogens with one attached hydrogen (secondary N) is 1. The number of nitrogen functional groups attached to an aromatic ring is 1. The maximum atomic E-state index is 9.29. The summed E-state index contributed by atoms with van der Waals surface area (Å²) in [7, 11) is 0. The van der Waals surface area contributed by atoms with Crippen molar-refractivity contribution < 1.29 is 5.11 Å². The van der Waals surface area contributed by atoms with Gasteiger partial charge in [-0.15, -0.1) is 12.6 Å². The lowest BCUT2D eigenvalue weighted by atomic mass is 10.1. The van der Waals surface area contributed by atoms with Crippen LogP contribution in [0.3, 0.4) is 0 Å². The summed E-state index contributed by atoms with van der Waals surface area (Å²) in [6.07, 6.45) is 2.01. The van der Waals surface area contributed by atoms with E-state index in [1.807, 2.05) is 0 Å². The molecule has 8 heteroatoms. The number of nitrogens with zero attached hydrogens (tertiary/aromatic N) is 3. The first-order chi connectivity index (χ1) is 9.13. The fraction of sp³-hybridized carbons (Fsp3) is 0.545. The van der Waals surface area contributed by atoms with Gasteiger partial charge in [-0.25, -0.2) is 15.0 Å². The molecule has 2 rings (SSSR count). The Labute approximate surface area is 120 Å². The summed E-state index contributed by atoms with van der Waals surface area (Å²) in [6.45, 7) is 2.91. The summed E-state index contributed by atoms with van der Waals surface area (Å²) in [5.41, 5.74) is 6.24. The van der Waals surface area contributed by atoms with E-state index < -0.39 is 0 Å². The predicted molar refractivity (Wildman–Crippen MR) is 80.8 cm³/mol. The van der Waals surface area contributed by atoms with Crippen molar-refractivity contribution in [2.24, 2.45) is 5.92 Å². The Hall–Kier alpha value is -1.12. The molecule has 0 bridgehead atoms. The molecule has 0 spiro atoms. The monoisotopic (exact) mass is 299 g/mol. The predicted octanol–water partition coefficient (Wildman–Crippen LogP) is 1.78. The van der Waals surface area contributed by atoms with Gasteiger partial charge < -0.3 is 16.2 Å². The molecule has 0 fully saturated rings. The lowest BCUT2D eigenvalue weighted by Gasteiger charge is -2.14. The van der Waals surface area contributed by atoms with Crippen LogP contribution in [-0.4, -0.2) is 33.2 Å². The highest BCUT2D eigenvalue weighted by molar-refractivity contribution is 7.80. The zero-order valence-corrected chi connectivity index (χ0v) is 12.3. The average Bonchev–Trinajstić information content (AvgIpc) is 2.74. The number of nitrogens with two attached hydrogens (primary N) is 1. The van der Waals surface area contributed by atoms with Gasteiger partial charge in [-0.2, -0.15) is 0 Å². The molecule has 0 amide bonds. The van der Waals surface area contributed by atoms with Gasteiger partial charge in [0.15, 0.2) is 21.8 Å². The molecule has 0 radical (unpaired) electrons. The third-order valence-electron chi connectivity index (χ3n) is 2.77. The number of hydrogen-bond acceptors (Lipinski definition) is 8. The van der Waals surface area contributed by atoms with Crippen LogP contribution in [0.5, 0.6) is 0 Å². The molecule has 2 heterocycles. The summed E-state index contributed by atoms with van der Waals surface area (Å²) in [5, 5.41) is 13.3. The minimum atomic E-state index is 0.160. The molecule has 0 saturated carbocycles. The van der Waals surface area contributed by atoms with E-state index in [9.17, 15) is 5.11 Å². The van der Waals surface area contributed by atoms with Gasteiger partial charge in [0.2, 0.25) is 0 Å². The van der Waals surface area contributed by atoms with Crippen LogP contribution in [-0.2, 0) is 0 Å². The SMILES string of the molecule is CCC[C@@H](CO)CNc1nc(S)nc2nc(N)sc12. The summed E-state index contributed by atoms with van der Waals surface area (Å²) < 4.78 is 0.823. The number of rotatable bonds is 6. The Bertz CT molecular complexity index is 559. The standard InChI is InChI=1S/C11H17N5OS2/c1-2-3-6(5-17)4-13-8-7-9(14-10(12)19-7)16-11(18)15-8/h6,17H,2-5H2,1H3,(H4,12,13,14,15,16,18)/t6-/m1/s1. The Morgan fingerprint density at radius 2 is 2.21 bits per heavy atom. The smallest absolute Gasteiger partial charge is 0.188 e. The van der Waals surface area contributed by atoms with E-state index in [4.69, 9.17) is 5.73 Å². The molecule has 6 nitrogen and oxygen atoms in total. The number of hydrogen-bond donors (Lipinski definition) is 4. The van der Waals surface area contributed by atoms with Crippen molar-refractivity contribution in [2.45, 2.75) is 24.9 Å². The second-order valence-electron chi connectivity index (χ2n) is 4.30. The van der Waals surface area contributed by atoms with E-state index in [2.05, 4.69) is 39.8 Å². The number of aliphatic hydroxyl groups excluding tert-OH is 1. The van der Waals surface area contributed by atoms with Gasteiger partial charge in [0.1, 0.15) is 4.70 Å². The van der Waals surface area contributed by atoms with E-state index in [1.54, 1.807) is 0 Å². The van der Waals surface area contributed by atoms with Crippen molar-refractivity contribution in [3.63, 3.8) is 0 Å². The Morgan fingerprint density at radius 3 is 2.89 bits per heavy atom. The summed E-state index contributed by atoms with van der Waals surface area (Å²) in [5.74, 6) is 0.891. The number of thiazole rings is 1. The quantitative estimate of drug-likeness (QED) is 0.479. The van der Waals surface area contributed by atoms with Gasteiger partial charge in [0.25, 0.3) is 0 Å². The Morgan fingerprint density at radius 1 is 1.42 bits per heavy atom. The van der Waals surface area contributed by atoms with Crippen LogP contribution in [0.15, 0.2) is 5.16 Å². The molecule has 0 unspecified atom stereocenters. The molecule has 1 atom stereocenters. The molecule has 0 saturated heterocycles. The number of aromatic nitrogens is 3. The first-order valence-corrected chi connectivity index (χ1v) is 7.38. The molecule has 104 valence electrons. The van der Waals surface area contributed by atoms with Crippen molar-refractivity contribution in [3.05, 3.63) is 0 Å². The topological polar surface area (TPSA) is 97.0 Å². The van der Waals surface area contributed by atoms with Crippen LogP contribution in [0.25, 0.3) is 10.3 Å². The van der Waals surface area contributed by atoms with Crippen LogP contribution in [0.2, 0.25) is 0 Å². The zero-order chi connectivity index (χ0) is 13.8. The fourth-order valence-electron chi connectivity index (χ4n) is 1.86. The molecular formula is C11H17N5OS2. The largest absolute Gasteiger partial charge is 0.396 e. The van der Waals surface area contributed by atoms with Crippen LogP contribution in [0, 0.1) is 5.92 Å². The van der Waals surface area contributed by atoms with Crippen molar-refractivity contribution in [1.29, 1.82) is 0 Å². The van der Waals surface area contributed by atoms with E-state index in [-0.39, 0.29) is 12.5 Å². The molecule has 19 heavy (non-hydrogen) atoms. The van der Waals surface area contributed by atoms with Crippen LogP contribution in [0.1, 0.15) is 19.8 Å². The minimum absolute atomic E-state index is 0.160. The summed E-state index contributed by atoms with van der Waals surface area (Å²) >= 11 is 5.50. The number of anilines is 2. The van der Waals surface area contributed by atoms with Crippen LogP contribution in [0.4, 0.5) is 10.9 Å². The maximum Gasteiger partial charge on any atom is 0.188 e. The second-order valence-corrected chi connectivity index (χ2v) is 5.73. The van der Waals surface area contributed by atoms with Crippen LogP contribution < -0.4 is 11.1 Å². The molecule has 2 aromatic heterocycles. The molecule has 0 aliphatic carbocycles. The van der Waals surface area contributed by atoms with Crippen molar-refractivity contribution in [3.8, 4) is 0 Å². The molecule has 2 aromatic rings. The van der Waals surface area contributed by atoms with Crippen molar-refractivity contribution >= 4 is 45.3 Å². The first kappa shape index (κ1) is 14.3. The lowest BCUT2D eigenvalue weighted by Crippen LogP contribution is -2.18. The third-order valence-corrected chi connectivity index (χ3v) is 3.85. The number of aliphatic hydroxyl groups is 1. The maximum absolute atomic E-state index is 9.29. The summed E-state index contributed by atoms with van der Waals surface area (Å²) in [6, 6.07) is 0. The highest BCUT2D eigenvalue weighted by Crippen LogP contribution is 2.29. The summed E-state index contributed by atoms with van der Waals surface area (Å²) in [4.78, 5) is 12.5. The van der Waals surface area contributed by atoms with E-state index in [0.717, 1.165) is 17.5 Å². The average molecular weight is 299 g/mol. The molecule has 0 aliphatic heterocycles. The van der Waals surface area contributed by atoms with Gasteiger partial charge in [-0.3, -0.25) is 0 Å². The molecule has 0 aliphatic rings. The molecule has 4 N–H and O–H groups in total. The minimum Gasteiger partial charge on any atom is -0.396 e. The van der Waals surface area contributed by atoms with Crippen LogP contribution >= 0.6 is 24.0 Å². The van der Waals surface area contributed by atoms with Gasteiger partial charge in [-0.1, -0.05) is 24.7 Å². The Kier molecular flexibility index (Phi) is 4.78. The Balaban J connectivity index is 2.19. The zero-order valence-electron chi connectivity index (χ0n) is 10.6. The fourth-order valence-corrected chi connectivity index (χ4v) is 2.79. The van der Waals surface area contributed by atoms with Gasteiger partial charge in [-0.05, 0) is 12.3 Å². The van der Waals surface area contributed by atoms with E-state index >= 15 is 0 Å². The number of thiol groups is 1. The highest BCUT2D eigenvalue weighted by Gasteiger charge is 2.13. The van der Waals surface area contributed by atoms with Gasteiger partial charge >= 0.3 is 0 Å². The first-order valence-electron chi connectivity index (χ1n) is 6.11. The molecular weight excluding hydrogens is 282 g/mol. The van der Waals surface area contributed by atoms with Crippen molar-refractivity contribution in [2.75, 3.05) is 24.2 Å². The molecule has 0 aromatic carbocycles. The van der Waals surface area contributed by atoms with Gasteiger partial charge in [0, 0.05) is 13.2 Å². The van der Waals surface area contributed by atoms with E-state index in [1.165, 1.54) is 11.3 Å². The lowest BCUT2D eigenvalue weighted by molar-refractivity contribution is 0.225. The third kappa shape index (κ3) is 3.46. The highest BCUT2D eigenvalue weighted by atomic mass is 32.1. The van der Waals surface area contributed by atoms with Gasteiger partial charge in [0.05, 0.1) is 0 Å². The normalized spacial score (nSPS) is 12.8. The van der Waals surface area contributed by atoms with E-state index in [0.29, 0.717) is 28.3 Å². The number of fused-ring (bicyclic) bond motifs is 1. The second kappa shape index (κ2) is 6.36. The van der Waals surface area contributed by atoms with Crippen molar-refractivity contribution in [1.82, 2.24) is 15.0 Å².